The molecule has 1 rings (SSSR count). The number of benzene rings is 1. The maximum atomic E-state index is 12.5. The van der Waals surface area contributed by atoms with Crippen molar-refractivity contribution >= 4 is 17.8 Å². The average Bonchev–Trinajstić information content (AvgIpc) is 2.61. The van der Waals surface area contributed by atoms with Crippen LogP contribution in [0.2, 0.25) is 0 Å². The summed E-state index contributed by atoms with van der Waals surface area (Å²) in [4.78, 5) is 35.9. The quantitative estimate of drug-likeness (QED) is 0.718. The molecule has 0 heterocycles. The fourth-order valence-electron chi connectivity index (χ4n) is 2.28. The Morgan fingerprint density at radius 2 is 1.58 bits per heavy atom. The Balaban J connectivity index is 2.86. The van der Waals surface area contributed by atoms with E-state index in [0.717, 1.165) is 0 Å². The van der Waals surface area contributed by atoms with Crippen LogP contribution in [0.5, 0.6) is 0 Å². The second-order valence-electron chi connectivity index (χ2n) is 5.27. The summed E-state index contributed by atoms with van der Waals surface area (Å²) in [6.45, 7) is 1.61. The zero-order valence-corrected chi connectivity index (χ0v) is 14.3. The maximum absolute atomic E-state index is 12.5. The predicted octanol–water partition coefficient (Wildman–Crippen LogP) is 1.23. The van der Waals surface area contributed by atoms with Crippen molar-refractivity contribution in [3.8, 4) is 0 Å². The summed E-state index contributed by atoms with van der Waals surface area (Å²) in [5.74, 6) is -2.17. The molecular weight excluding hydrogens is 314 g/mol. The van der Waals surface area contributed by atoms with Crippen LogP contribution in [-0.4, -0.2) is 45.2 Å². The van der Waals surface area contributed by atoms with Gasteiger partial charge < -0.3 is 19.5 Å². The van der Waals surface area contributed by atoms with Crippen molar-refractivity contribution in [2.75, 3.05) is 21.3 Å². The highest BCUT2D eigenvalue weighted by Gasteiger charge is 2.30. The number of amides is 1. The molecule has 0 aliphatic heterocycles. The van der Waals surface area contributed by atoms with Crippen molar-refractivity contribution in [3.05, 3.63) is 35.9 Å². The fourth-order valence-corrected chi connectivity index (χ4v) is 2.28. The molecule has 0 aliphatic carbocycles. The first-order valence-corrected chi connectivity index (χ1v) is 7.48. The van der Waals surface area contributed by atoms with Gasteiger partial charge in [0.1, 0.15) is 6.04 Å². The standard InChI is InChI=1S/C17H23NO6/c1-11(16(20)23-3)10-13(17(21)24-4)18-15(19)14(22-2)12-8-6-5-7-9-12/h5-9,11,13-14H,10H2,1-4H3,(H,18,19)/t11-,13+,14+/m1/s1. The molecule has 24 heavy (non-hydrogen) atoms. The van der Waals surface area contributed by atoms with Crippen LogP contribution in [0, 0.1) is 5.92 Å². The molecule has 3 atom stereocenters. The van der Waals surface area contributed by atoms with E-state index in [1.807, 2.05) is 6.07 Å². The van der Waals surface area contributed by atoms with Gasteiger partial charge in [-0.3, -0.25) is 9.59 Å². The van der Waals surface area contributed by atoms with Gasteiger partial charge in [-0.2, -0.15) is 0 Å². The minimum absolute atomic E-state index is 0.0658. The highest BCUT2D eigenvalue weighted by Crippen LogP contribution is 2.17. The highest BCUT2D eigenvalue weighted by molar-refractivity contribution is 5.88. The van der Waals surface area contributed by atoms with Gasteiger partial charge in [0, 0.05) is 7.11 Å². The van der Waals surface area contributed by atoms with Crippen LogP contribution in [-0.2, 0) is 28.6 Å². The molecule has 0 bridgehead atoms. The molecule has 0 saturated carbocycles. The number of hydrogen-bond donors (Lipinski definition) is 1. The third-order valence-corrected chi connectivity index (χ3v) is 3.57. The highest BCUT2D eigenvalue weighted by atomic mass is 16.5. The van der Waals surface area contributed by atoms with Crippen molar-refractivity contribution in [2.45, 2.75) is 25.5 Å². The number of ether oxygens (including phenoxy) is 3. The first-order chi connectivity index (χ1) is 11.4. The van der Waals surface area contributed by atoms with Gasteiger partial charge in [-0.1, -0.05) is 37.3 Å². The van der Waals surface area contributed by atoms with E-state index in [2.05, 4.69) is 10.1 Å². The zero-order valence-electron chi connectivity index (χ0n) is 14.3. The largest absolute Gasteiger partial charge is 0.469 e. The Hall–Kier alpha value is -2.41. The van der Waals surface area contributed by atoms with E-state index in [9.17, 15) is 14.4 Å². The molecular formula is C17H23NO6. The molecule has 7 nitrogen and oxygen atoms in total. The number of methoxy groups -OCH3 is 3. The Morgan fingerprint density at radius 3 is 2.08 bits per heavy atom. The van der Waals surface area contributed by atoms with Gasteiger partial charge in [0.2, 0.25) is 0 Å². The number of esters is 2. The van der Waals surface area contributed by atoms with Gasteiger partial charge in [-0.05, 0) is 12.0 Å². The van der Waals surface area contributed by atoms with Crippen LogP contribution in [0.4, 0.5) is 0 Å². The molecule has 0 unspecified atom stereocenters. The fraction of sp³-hybridized carbons (Fsp3) is 0.471. The summed E-state index contributed by atoms with van der Waals surface area (Å²) < 4.78 is 14.6. The first-order valence-electron chi connectivity index (χ1n) is 7.48. The van der Waals surface area contributed by atoms with E-state index >= 15 is 0 Å². The number of rotatable bonds is 8. The molecule has 0 aromatic heterocycles. The summed E-state index contributed by atoms with van der Waals surface area (Å²) >= 11 is 0. The smallest absolute Gasteiger partial charge is 0.328 e. The summed E-state index contributed by atoms with van der Waals surface area (Å²) in [5, 5.41) is 2.58. The van der Waals surface area contributed by atoms with Gasteiger partial charge in [0.25, 0.3) is 5.91 Å². The van der Waals surface area contributed by atoms with Gasteiger partial charge in [0.05, 0.1) is 20.1 Å². The van der Waals surface area contributed by atoms with E-state index in [1.54, 1.807) is 31.2 Å². The molecule has 1 amide bonds. The lowest BCUT2D eigenvalue weighted by atomic mass is 10.0. The third-order valence-electron chi connectivity index (χ3n) is 3.57. The van der Waals surface area contributed by atoms with Crippen LogP contribution in [0.1, 0.15) is 25.0 Å². The van der Waals surface area contributed by atoms with Gasteiger partial charge in [-0.15, -0.1) is 0 Å². The lowest BCUT2D eigenvalue weighted by Crippen LogP contribution is -2.45. The Labute approximate surface area is 141 Å². The average molecular weight is 337 g/mol. The monoisotopic (exact) mass is 337 g/mol. The second-order valence-corrected chi connectivity index (χ2v) is 5.27. The van der Waals surface area contributed by atoms with E-state index in [4.69, 9.17) is 9.47 Å². The van der Waals surface area contributed by atoms with Crippen LogP contribution < -0.4 is 5.32 Å². The molecule has 7 heteroatoms. The summed E-state index contributed by atoms with van der Waals surface area (Å²) in [6.07, 6.45) is -0.803. The van der Waals surface area contributed by atoms with Crippen molar-refractivity contribution in [1.82, 2.24) is 5.32 Å². The molecule has 1 aromatic carbocycles. The Morgan fingerprint density at radius 1 is 1.00 bits per heavy atom. The van der Waals surface area contributed by atoms with Gasteiger partial charge in [-0.25, -0.2) is 4.79 Å². The van der Waals surface area contributed by atoms with Crippen LogP contribution >= 0.6 is 0 Å². The number of nitrogens with one attached hydrogen (secondary N) is 1. The minimum Gasteiger partial charge on any atom is -0.469 e. The van der Waals surface area contributed by atoms with E-state index in [0.29, 0.717) is 5.56 Å². The maximum Gasteiger partial charge on any atom is 0.328 e. The molecule has 0 radical (unpaired) electrons. The van der Waals surface area contributed by atoms with E-state index < -0.39 is 35.9 Å². The lowest BCUT2D eigenvalue weighted by Gasteiger charge is -2.22. The number of carbonyl (C=O) groups is 3. The van der Waals surface area contributed by atoms with E-state index in [1.165, 1.54) is 21.3 Å². The molecule has 1 N–H and O–H groups in total. The summed E-state index contributed by atoms with van der Waals surface area (Å²) in [5.41, 5.74) is 0.655. The van der Waals surface area contributed by atoms with Crippen LogP contribution in [0.3, 0.4) is 0 Å². The summed E-state index contributed by atoms with van der Waals surface area (Å²) in [6, 6.07) is 7.91. The van der Waals surface area contributed by atoms with E-state index in [-0.39, 0.29) is 6.42 Å². The van der Waals surface area contributed by atoms with Crippen molar-refractivity contribution in [3.63, 3.8) is 0 Å². The molecule has 0 fully saturated rings. The molecule has 0 spiro atoms. The first kappa shape index (κ1) is 19.6. The van der Waals surface area contributed by atoms with Gasteiger partial charge >= 0.3 is 11.9 Å². The zero-order chi connectivity index (χ0) is 18.1. The SMILES string of the molecule is COC(=O)[C@H](C)C[C@H](NC(=O)[C@@H](OC)c1ccccc1)C(=O)OC. The molecule has 132 valence electrons. The minimum atomic E-state index is -0.974. The molecule has 0 aliphatic rings. The number of hydrogen-bond acceptors (Lipinski definition) is 6. The normalized spacial score (nSPS) is 14.2. The number of carbonyl (C=O) groups excluding carboxylic acids is 3. The Bertz CT molecular complexity index is 559. The van der Waals surface area contributed by atoms with Crippen LogP contribution in [0.25, 0.3) is 0 Å². The Kier molecular flexibility index (Phi) is 7.91. The lowest BCUT2D eigenvalue weighted by molar-refractivity contribution is -0.150. The van der Waals surface area contributed by atoms with Crippen LogP contribution in [0.15, 0.2) is 30.3 Å². The topological polar surface area (TPSA) is 90.9 Å². The van der Waals surface area contributed by atoms with Gasteiger partial charge in [0.15, 0.2) is 6.10 Å². The molecule has 1 aromatic rings. The second kappa shape index (κ2) is 9.67. The van der Waals surface area contributed by atoms with Crippen molar-refractivity contribution in [1.29, 1.82) is 0 Å². The third kappa shape index (κ3) is 5.34. The molecule has 0 saturated heterocycles. The predicted molar refractivity (Wildman–Crippen MR) is 85.9 cm³/mol. The van der Waals surface area contributed by atoms with Crippen molar-refractivity contribution in [2.24, 2.45) is 5.92 Å². The summed E-state index contributed by atoms with van der Waals surface area (Å²) in [7, 11) is 3.89. The van der Waals surface area contributed by atoms with Crippen molar-refractivity contribution < 1.29 is 28.6 Å².